The van der Waals surface area contributed by atoms with E-state index >= 15 is 0 Å². The molecule has 0 bridgehead atoms. The standard InChI is InChI=1S/C79H80N6/c1-17-19-20-54-40-57(42-59(41-54)77(8,9)10)75-81-74(82-76(83-75)58-43-60(78(11,12)13)46-61(44-58)79(14,15)16)52(7)39-66(68(18-2)84-69-30-21-48(3)35-62(69)63-36-49(4)22-31-70(63)84)67-45-56(55-27-25-53(47-80)26-28-55)29-34-73(67)85-71-32-23-50(5)37-64(71)65-38-51(6)24-33-72(65)85/h18,21-46H,7,17,19-20H2,1-6,8-16H3/b66-39-,68-18+. The maximum absolute atomic E-state index is 9.95. The fourth-order valence-corrected chi connectivity index (χ4v) is 12.0. The first-order valence-electron chi connectivity index (χ1n) is 30.2. The summed E-state index contributed by atoms with van der Waals surface area (Å²) in [5.41, 5.74) is 22.8. The molecule has 0 atom stereocenters. The molecule has 11 aromatic rings. The summed E-state index contributed by atoms with van der Waals surface area (Å²) in [6.07, 6.45) is 7.62. The zero-order chi connectivity index (χ0) is 60.4. The Labute approximate surface area is 504 Å². The maximum atomic E-state index is 9.95. The van der Waals surface area contributed by atoms with Crippen molar-refractivity contribution in [2.45, 2.75) is 139 Å². The van der Waals surface area contributed by atoms with E-state index < -0.39 is 0 Å². The fraction of sp³-hybridized carbons (Fsp3) is 0.266. The van der Waals surface area contributed by atoms with Crippen LogP contribution in [0.2, 0.25) is 0 Å². The normalized spacial score (nSPS) is 12.7. The van der Waals surface area contributed by atoms with Gasteiger partial charge in [-0.1, -0.05) is 165 Å². The van der Waals surface area contributed by atoms with Gasteiger partial charge < -0.3 is 9.13 Å². The summed E-state index contributed by atoms with van der Waals surface area (Å²) in [7, 11) is 0. The highest BCUT2D eigenvalue weighted by atomic mass is 15.0. The fourth-order valence-electron chi connectivity index (χ4n) is 12.0. The summed E-state index contributed by atoms with van der Waals surface area (Å²) < 4.78 is 4.88. The van der Waals surface area contributed by atoms with Crippen molar-refractivity contribution in [3.8, 4) is 45.7 Å². The summed E-state index contributed by atoms with van der Waals surface area (Å²) in [5, 5.41) is 14.7. The Kier molecular flexibility index (Phi) is 15.2. The molecule has 0 fully saturated rings. The number of benzene rings is 8. The molecule has 0 N–H and O–H groups in total. The third-order valence-electron chi connectivity index (χ3n) is 16.9. The van der Waals surface area contributed by atoms with Gasteiger partial charge in [-0.05, 0) is 200 Å². The number of hydrogen-bond acceptors (Lipinski definition) is 4. The highest BCUT2D eigenvalue weighted by Crippen LogP contribution is 2.45. The third-order valence-corrected chi connectivity index (χ3v) is 16.9. The molecule has 0 spiro atoms. The quantitative estimate of drug-likeness (QED) is 0.114. The van der Waals surface area contributed by atoms with E-state index in [4.69, 9.17) is 21.5 Å². The number of aryl methyl sites for hydroxylation is 5. The number of fused-ring (bicyclic) bond motifs is 6. The van der Waals surface area contributed by atoms with Crippen LogP contribution in [0.1, 0.15) is 150 Å². The Balaban J connectivity index is 1.26. The van der Waals surface area contributed by atoms with Gasteiger partial charge in [0.25, 0.3) is 0 Å². The minimum atomic E-state index is -0.143. The first-order chi connectivity index (χ1) is 40.4. The van der Waals surface area contributed by atoms with E-state index in [0.29, 0.717) is 28.6 Å². The molecule has 0 radical (unpaired) electrons. The van der Waals surface area contributed by atoms with E-state index in [2.05, 4.69) is 271 Å². The zero-order valence-corrected chi connectivity index (χ0v) is 52.6. The number of aromatic nitrogens is 5. The van der Waals surface area contributed by atoms with Crippen LogP contribution in [0.3, 0.4) is 0 Å². The Hall–Kier alpha value is -8.92. The first kappa shape index (κ1) is 57.9. The predicted molar refractivity (Wildman–Crippen MR) is 362 cm³/mol. The minimum Gasteiger partial charge on any atom is -0.309 e. The average molecular weight is 1110 g/mol. The van der Waals surface area contributed by atoms with Crippen molar-refractivity contribution in [2.75, 3.05) is 0 Å². The van der Waals surface area contributed by atoms with Crippen LogP contribution in [0, 0.1) is 39.0 Å². The van der Waals surface area contributed by atoms with Gasteiger partial charge in [0, 0.05) is 55.1 Å². The van der Waals surface area contributed by atoms with Crippen LogP contribution in [0.25, 0.3) is 100 Å². The lowest BCUT2D eigenvalue weighted by Crippen LogP contribution is -2.17. The molecule has 3 heterocycles. The molecule has 0 aliphatic carbocycles. The minimum absolute atomic E-state index is 0.120. The number of unbranched alkanes of at least 4 members (excludes halogenated alkanes) is 1. The summed E-state index contributed by atoms with van der Waals surface area (Å²) >= 11 is 0. The maximum Gasteiger partial charge on any atom is 0.164 e. The third kappa shape index (κ3) is 11.3. The second-order valence-corrected chi connectivity index (χ2v) is 26.8. The molecule has 0 aliphatic heterocycles. The van der Waals surface area contributed by atoms with Crippen LogP contribution >= 0.6 is 0 Å². The van der Waals surface area contributed by atoms with Crippen LogP contribution in [-0.2, 0) is 22.7 Å². The van der Waals surface area contributed by atoms with Gasteiger partial charge in [0.15, 0.2) is 17.5 Å². The monoisotopic (exact) mass is 1110 g/mol. The van der Waals surface area contributed by atoms with E-state index in [1.54, 1.807) is 0 Å². The zero-order valence-electron chi connectivity index (χ0n) is 52.6. The van der Waals surface area contributed by atoms with Gasteiger partial charge in [0.05, 0.1) is 39.4 Å². The highest BCUT2D eigenvalue weighted by Gasteiger charge is 2.27. The largest absolute Gasteiger partial charge is 0.309 e. The molecule has 6 nitrogen and oxygen atoms in total. The SMILES string of the molecule is C=C(/C=C(\C(=C/C)n1c2ccc(C)cc2c2cc(C)ccc21)c1cc(-c2ccc(C#N)cc2)ccc1-n1c2ccc(C)cc2c2cc(C)ccc21)c1nc(-c2cc(CCCC)cc(C(C)(C)C)c2)nc(-c2cc(C(C)(C)C)cc(C(C)(C)C)c2)n1. The Morgan fingerprint density at radius 3 is 1.45 bits per heavy atom. The van der Waals surface area contributed by atoms with E-state index in [9.17, 15) is 5.26 Å². The van der Waals surface area contributed by atoms with Gasteiger partial charge in [-0.25, -0.2) is 15.0 Å². The average Bonchev–Trinajstić information content (AvgIpc) is 1.71. The Morgan fingerprint density at radius 1 is 0.518 bits per heavy atom. The Bertz CT molecular complexity index is 4430. The van der Waals surface area contributed by atoms with Crippen LogP contribution in [0.5, 0.6) is 0 Å². The van der Waals surface area contributed by atoms with Crippen LogP contribution in [0.15, 0.2) is 170 Å². The van der Waals surface area contributed by atoms with Gasteiger partial charge >= 0.3 is 0 Å². The Morgan fingerprint density at radius 2 is 0.976 bits per heavy atom. The summed E-state index contributed by atoms with van der Waals surface area (Å²) in [4.78, 5) is 16.6. The number of nitrogens with zero attached hydrogens (tertiary/aromatic N) is 6. The van der Waals surface area contributed by atoms with Crippen molar-refractivity contribution in [3.05, 3.63) is 232 Å². The van der Waals surface area contributed by atoms with Crippen LogP contribution in [-0.4, -0.2) is 24.1 Å². The molecular weight excluding hydrogens is 1030 g/mol. The van der Waals surface area contributed by atoms with Crippen molar-refractivity contribution in [3.63, 3.8) is 0 Å². The molecule has 8 aromatic carbocycles. The van der Waals surface area contributed by atoms with E-state index in [0.717, 1.165) is 86.1 Å². The molecule has 0 unspecified atom stereocenters. The van der Waals surface area contributed by atoms with Crippen molar-refractivity contribution >= 4 is 60.5 Å². The topological polar surface area (TPSA) is 72.3 Å². The smallest absolute Gasteiger partial charge is 0.164 e. The number of allylic oxidation sites excluding steroid dienone is 5. The van der Waals surface area contributed by atoms with Gasteiger partial charge in [-0.15, -0.1) is 0 Å². The number of hydrogen-bond donors (Lipinski definition) is 0. The van der Waals surface area contributed by atoms with E-state index in [-0.39, 0.29) is 16.2 Å². The molecule has 6 heteroatoms. The lowest BCUT2D eigenvalue weighted by molar-refractivity contribution is 0.569. The van der Waals surface area contributed by atoms with Crippen molar-refractivity contribution in [2.24, 2.45) is 0 Å². The van der Waals surface area contributed by atoms with Gasteiger partial charge in [-0.2, -0.15) is 5.26 Å². The molecular formula is C79H80N6. The van der Waals surface area contributed by atoms with Crippen LogP contribution in [0.4, 0.5) is 0 Å². The predicted octanol–water partition coefficient (Wildman–Crippen LogP) is 21.1. The summed E-state index contributed by atoms with van der Waals surface area (Å²) in [6.45, 7) is 38.6. The van der Waals surface area contributed by atoms with Crippen molar-refractivity contribution in [1.29, 1.82) is 5.26 Å². The molecule has 11 rings (SSSR count). The molecule has 0 aliphatic rings. The molecule has 0 saturated heterocycles. The highest BCUT2D eigenvalue weighted by molar-refractivity contribution is 6.16. The summed E-state index contributed by atoms with van der Waals surface area (Å²) in [6, 6.07) is 58.1. The molecule has 85 heavy (non-hydrogen) atoms. The molecule has 0 amide bonds. The second-order valence-electron chi connectivity index (χ2n) is 26.8. The molecule has 3 aromatic heterocycles. The number of nitriles is 1. The lowest BCUT2D eigenvalue weighted by Gasteiger charge is -2.26. The molecule has 0 saturated carbocycles. The second kappa shape index (κ2) is 22.3. The first-order valence-corrected chi connectivity index (χ1v) is 30.2. The number of rotatable bonds is 12. The molecule has 426 valence electrons. The van der Waals surface area contributed by atoms with Gasteiger partial charge in [0.2, 0.25) is 0 Å². The lowest BCUT2D eigenvalue weighted by atomic mass is 9.79. The van der Waals surface area contributed by atoms with Gasteiger partial charge in [0.1, 0.15) is 0 Å². The summed E-state index contributed by atoms with van der Waals surface area (Å²) in [5.74, 6) is 1.70. The van der Waals surface area contributed by atoms with Gasteiger partial charge in [-0.3, -0.25) is 0 Å². The van der Waals surface area contributed by atoms with Crippen LogP contribution < -0.4 is 0 Å². The van der Waals surface area contributed by atoms with E-state index in [1.165, 1.54) is 66.1 Å². The van der Waals surface area contributed by atoms with Crippen molar-refractivity contribution < 1.29 is 0 Å². The van der Waals surface area contributed by atoms with E-state index in [1.807, 2.05) is 12.1 Å². The van der Waals surface area contributed by atoms with Crippen molar-refractivity contribution in [1.82, 2.24) is 24.1 Å².